The van der Waals surface area contributed by atoms with Gasteiger partial charge in [0.2, 0.25) is 0 Å². The van der Waals surface area contributed by atoms with E-state index in [-0.39, 0.29) is 0 Å². The van der Waals surface area contributed by atoms with Crippen LogP contribution in [0.1, 0.15) is 17.7 Å². The molecular weight excluding hydrogens is 242 g/mol. The van der Waals surface area contributed by atoms with Crippen LogP contribution in [0.3, 0.4) is 0 Å². The van der Waals surface area contributed by atoms with Crippen LogP contribution in [0.15, 0.2) is 36.4 Å². The molecule has 0 aliphatic heterocycles. The standard InChI is InChI=1S/C14H17N3S/c1-11-10-13(17-14(18)16-11)15-9-5-8-12-6-3-2-4-7-12/h2-4,6-7,10H,5,8-9H2,1H3,(H2,15,16,17,18). The fourth-order valence-corrected chi connectivity index (χ4v) is 2.08. The Morgan fingerprint density at radius 1 is 1.28 bits per heavy atom. The SMILES string of the molecule is Cc1cc(NCCCc2ccccc2)nc(=S)[nH]1. The van der Waals surface area contributed by atoms with E-state index in [0.29, 0.717) is 4.77 Å². The number of nitrogens with zero attached hydrogens (tertiary/aromatic N) is 1. The van der Waals surface area contributed by atoms with Gasteiger partial charge < -0.3 is 10.3 Å². The van der Waals surface area contributed by atoms with Crippen molar-refractivity contribution in [3.8, 4) is 0 Å². The van der Waals surface area contributed by atoms with E-state index in [1.807, 2.05) is 19.1 Å². The Hall–Kier alpha value is -1.68. The van der Waals surface area contributed by atoms with Crippen LogP contribution in [-0.4, -0.2) is 16.5 Å². The van der Waals surface area contributed by atoms with Crippen molar-refractivity contribution in [3.63, 3.8) is 0 Å². The molecule has 0 radical (unpaired) electrons. The van der Waals surface area contributed by atoms with Gasteiger partial charge in [0.1, 0.15) is 5.82 Å². The summed E-state index contributed by atoms with van der Waals surface area (Å²) in [4.78, 5) is 7.22. The summed E-state index contributed by atoms with van der Waals surface area (Å²) in [6.45, 7) is 2.88. The van der Waals surface area contributed by atoms with Crippen LogP contribution in [0.25, 0.3) is 0 Å². The zero-order chi connectivity index (χ0) is 12.8. The second-order valence-electron chi connectivity index (χ2n) is 4.27. The Kier molecular flexibility index (Phi) is 4.47. The van der Waals surface area contributed by atoms with Crippen molar-refractivity contribution < 1.29 is 0 Å². The topological polar surface area (TPSA) is 40.7 Å². The highest BCUT2D eigenvalue weighted by molar-refractivity contribution is 7.71. The van der Waals surface area contributed by atoms with Gasteiger partial charge in [-0.1, -0.05) is 30.3 Å². The molecule has 0 spiro atoms. The summed E-state index contributed by atoms with van der Waals surface area (Å²) in [6, 6.07) is 12.5. The zero-order valence-corrected chi connectivity index (χ0v) is 11.3. The summed E-state index contributed by atoms with van der Waals surface area (Å²) in [5.41, 5.74) is 2.40. The number of benzene rings is 1. The van der Waals surface area contributed by atoms with Crippen LogP contribution >= 0.6 is 12.2 Å². The lowest BCUT2D eigenvalue weighted by Crippen LogP contribution is -2.05. The predicted octanol–water partition coefficient (Wildman–Crippen LogP) is 3.49. The number of aromatic nitrogens is 2. The molecule has 0 atom stereocenters. The summed E-state index contributed by atoms with van der Waals surface area (Å²) >= 11 is 5.04. The van der Waals surface area contributed by atoms with E-state index in [0.717, 1.165) is 30.9 Å². The van der Waals surface area contributed by atoms with Crippen molar-refractivity contribution in [2.45, 2.75) is 19.8 Å². The van der Waals surface area contributed by atoms with Crippen LogP contribution in [0.5, 0.6) is 0 Å². The molecule has 1 aromatic heterocycles. The number of aryl methyl sites for hydroxylation is 2. The van der Waals surface area contributed by atoms with Crippen molar-refractivity contribution in [1.29, 1.82) is 0 Å². The number of anilines is 1. The third kappa shape index (κ3) is 3.96. The van der Waals surface area contributed by atoms with Gasteiger partial charge in [0.15, 0.2) is 4.77 Å². The number of nitrogens with one attached hydrogen (secondary N) is 2. The molecule has 0 aliphatic carbocycles. The Morgan fingerprint density at radius 2 is 2.06 bits per heavy atom. The van der Waals surface area contributed by atoms with Crippen molar-refractivity contribution in [1.82, 2.24) is 9.97 Å². The molecule has 0 aliphatic rings. The van der Waals surface area contributed by atoms with Crippen molar-refractivity contribution in [3.05, 3.63) is 52.4 Å². The van der Waals surface area contributed by atoms with Crippen molar-refractivity contribution >= 4 is 18.0 Å². The quantitative estimate of drug-likeness (QED) is 0.638. The van der Waals surface area contributed by atoms with Crippen LogP contribution in [0, 0.1) is 11.7 Å². The van der Waals surface area contributed by atoms with Gasteiger partial charge in [0, 0.05) is 12.2 Å². The first-order valence-corrected chi connectivity index (χ1v) is 6.50. The number of aromatic amines is 1. The normalized spacial score (nSPS) is 10.3. The van der Waals surface area contributed by atoms with E-state index in [1.54, 1.807) is 0 Å². The maximum absolute atomic E-state index is 5.04. The Morgan fingerprint density at radius 3 is 2.78 bits per heavy atom. The number of H-pyrrole nitrogens is 1. The molecule has 3 nitrogen and oxygen atoms in total. The minimum atomic E-state index is 0.528. The lowest BCUT2D eigenvalue weighted by atomic mass is 10.1. The highest BCUT2D eigenvalue weighted by atomic mass is 32.1. The molecule has 0 fully saturated rings. The molecule has 1 heterocycles. The molecule has 0 saturated carbocycles. The van der Waals surface area contributed by atoms with Gasteiger partial charge in [0.25, 0.3) is 0 Å². The summed E-state index contributed by atoms with van der Waals surface area (Å²) in [5, 5.41) is 3.30. The molecule has 0 bridgehead atoms. The third-order valence-electron chi connectivity index (χ3n) is 2.67. The average molecular weight is 259 g/mol. The number of rotatable bonds is 5. The van der Waals surface area contributed by atoms with E-state index in [2.05, 4.69) is 39.6 Å². The third-order valence-corrected chi connectivity index (χ3v) is 2.86. The van der Waals surface area contributed by atoms with Gasteiger partial charge in [-0.25, -0.2) is 4.98 Å². The first kappa shape index (κ1) is 12.8. The van der Waals surface area contributed by atoms with Crippen LogP contribution in [0.2, 0.25) is 0 Å². The van der Waals surface area contributed by atoms with E-state index in [1.165, 1.54) is 5.56 Å². The smallest absolute Gasteiger partial charge is 0.198 e. The molecule has 94 valence electrons. The second kappa shape index (κ2) is 6.31. The van der Waals surface area contributed by atoms with E-state index in [4.69, 9.17) is 12.2 Å². The molecule has 2 rings (SSSR count). The first-order chi connectivity index (χ1) is 8.74. The lowest BCUT2D eigenvalue weighted by molar-refractivity contribution is 0.856. The van der Waals surface area contributed by atoms with Gasteiger partial charge in [-0.15, -0.1) is 0 Å². The van der Waals surface area contributed by atoms with Crippen LogP contribution < -0.4 is 5.32 Å². The molecule has 2 aromatic rings. The maximum Gasteiger partial charge on any atom is 0.198 e. The summed E-state index contributed by atoms with van der Waals surface area (Å²) in [6.07, 6.45) is 2.16. The van der Waals surface area contributed by atoms with Gasteiger partial charge in [-0.3, -0.25) is 0 Å². The average Bonchev–Trinajstić information content (AvgIpc) is 2.35. The zero-order valence-electron chi connectivity index (χ0n) is 10.4. The lowest BCUT2D eigenvalue weighted by Gasteiger charge is -2.06. The number of hydrogen-bond acceptors (Lipinski definition) is 3. The second-order valence-corrected chi connectivity index (χ2v) is 4.66. The van der Waals surface area contributed by atoms with Crippen molar-refractivity contribution in [2.75, 3.05) is 11.9 Å². The van der Waals surface area contributed by atoms with Gasteiger partial charge in [-0.2, -0.15) is 0 Å². The highest BCUT2D eigenvalue weighted by Gasteiger charge is 1.96. The van der Waals surface area contributed by atoms with E-state index in [9.17, 15) is 0 Å². The molecule has 0 unspecified atom stereocenters. The molecule has 4 heteroatoms. The minimum Gasteiger partial charge on any atom is -0.370 e. The largest absolute Gasteiger partial charge is 0.370 e. The Balaban J connectivity index is 1.80. The van der Waals surface area contributed by atoms with E-state index < -0.39 is 0 Å². The molecular formula is C14H17N3S. The van der Waals surface area contributed by atoms with Crippen molar-refractivity contribution in [2.24, 2.45) is 0 Å². The molecule has 1 aromatic carbocycles. The first-order valence-electron chi connectivity index (χ1n) is 6.10. The summed E-state index contributed by atoms with van der Waals surface area (Å²) < 4.78 is 0.528. The van der Waals surface area contributed by atoms with Crippen LogP contribution in [-0.2, 0) is 6.42 Å². The Labute approximate surface area is 112 Å². The predicted molar refractivity (Wildman–Crippen MR) is 77.4 cm³/mol. The molecule has 2 N–H and O–H groups in total. The molecule has 0 amide bonds. The maximum atomic E-state index is 5.04. The van der Waals surface area contributed by atoms with E-state index >= 15 is 0 Å². The molecule has 0 saturated heterocycles. The number of hydrogen-bond donors (Lipinski definition) is 2. The minimum absolute atomic E-state index is 0.528. The van der Waals surface area contributed by atoms with Gasteiger partial charge in [-0.05, 0) is 43.6 Å². The summed E-state index contributed by atoms with van der Waals surface area (Å²) in [5.74, 6) is 0.851. The van der Waals surface area contributed by atoms with Gasteiger partial charge >= 0.3 is 0 Å². The fraction of sp³-hybridized carbons (Fsp3) is 0.286. The monoisotopic (exact) mass is 259 g/mol. The highest BCUT2D eigenvalue weighted by Crippen LogP contribution is 2.06. The molecule has 18 heavy (non-hydrogen) atoms. The Bertz CT molecular complexity index is 548. The summed E-state index contributed by atoms with van der Waals surface area (Å²) in [7, 11) is 0. The van der Waals surface area contributed by atoms with Gasteiger partial charge in [0.05, 0.1) is 0 Å². The van der Waals surface area contributed by atoms with Crippen LogP contribution in [0.4, 0.5) is 5.82 Å². The fourth-order valence-electron chi connectivity index (χ4n) is 1.82.